The van der Waals surface area contributed by atoms with Crippen molar-refractivity contribution in [3.8, 4) is 0 Å². The highest BCUT2D eigenvalue weighted by molar-refractivity contribution is 6.17. The van der Waals surface area contributed by atoms with Crippen LogP contribution in [0.3, 0.4) is 0 Å². The molecule has 0 saturated carbocycles. The lowest BCUT2D eigenvalue weighted by atomic mass is 10.3. The Morgan fingerprint density at radius 1 is 1.40 bits per heavy atom. The van der Waals surface area contributed by atoms with Gasteiger partial charge in [0.15, 0.2) is 0 Å². The van der Waals surface area contributed by atoms with Crippen molar-refractivity contribution in [1.82, 2.24) is 0 Å². The molecule has 0 rings (SSSR count). The molecule has 0 saturated heterocycles. The van der Waals surface area contributed by atoms with Crippen LogP contribution in [-0.4, -0.2) is 11.9 Å². The molecule has 62 valence electrons. The standard InChI is InChI=1S/C5H11Cl.CH4N2O/c1-2-3-4-5-6;2-1(3)4/h2-5H2,1H3;(H4,2,3,4). The van der Waals surface area contributed by atoms with Crippen LogP contribution >= 0.6 is 11.6 Å². The van der Waals surface area contributed by atoms with Crippen molar-refractivity contribution < 1.29 is 4.79 Å². The molecule has 0 aromatic rings. The average Bonchev–Trinajstić information content (AvgIpc) is 1.82. The number of hydrogen-bond donors (Lipinski definition) is 2. The van der Waals surface area contributed by atoms with E-state index in [1.807, 2.05) is 0 Å². The fraction of sp³-hybridized carbons (Fsp3) is 0.833. The monoisotopic (exact) mass is 166 g/mol. The van der Waals surface area contributed by atoms with Gasteiger partial charge in [0.1, 0.15) is 0 Å². The number of alkyl halides is 1. The van der Waals surface area contributed by atoms with Crippen molar-refractivity contribution in [2.45, 2.75) is 26.2 Å². The maximum Gasteiger partial charge on any atom is 0.309 e. The first-order valence-corrected chi connectivity index (χ1v) is 3.79. The van der Waals surface area contributed by atoms with Crippen LogP contribution < -0.4 is 11.5 Å². The molecule has 4 heteroatoms. The Hall–Kier alpha value is -0.440. The molecular formula is C6H15ClN2O. The summed E-state index contributed by atoms with van der Waals surface area (Å²) in [5, 5.41) is 0. The summed E-state index contributed by atoms with van der Waals surface area (Å²) in [5.41, 5.74) is 8.50. The summed E-state index contributed by atoms with van der Waals surface area (Å²) >= 11 is 5.38. The number of halogens is 1. The van der Waals surface area contributed by atoms with Gasteiger partial charge < -0.3 is 11.5 Å². The number of unbranched alkanes of at least 4 members (excludes halogenated alkanes) is 2. The van der Waals surface area contributed by atoms with Gasteiger partial charge >= 0.3 is 6.03 Å². The van der Waals surface area contributed by atoms with E-state index in [0.717, 1.165) is 5.88 Å². The molecule has 0 bridgehead atoms. The Morgan fingerprint density at radius 2 is 1.80 bits per heavy atom. The van der Waals surface area contributed by atoms with Gasteiger partial charge in [-0.2, -0.15) is 0 Å². The van der Waals surface area contributed by atoms with Crippen molar-refractivity contribution in [3.05, 3.63) is 0 Å². The summed E-state index contributed by atoms with van der Waals surface area (Å²) in [7, 11) is 0. The Balaban J connectivity index is 0. The Kier molecular flexibility index (Phi) is 13.9. The molecule has 3 nitrogen and oxygen atoms in total. The van der Waals surface area contributed by atoms with Crippen LogP contribution in [0.25, 0.3) is 0 Å². The quantitative estimate of drug-likeness (QED) is 0.484. The number of amides is 2. The third-order valence-electron chi connectivity index (χ3n) is 0.737. The van der Waals surface area contributed by atoms with E-state index in [1.54, 1.807) is 0 Å². The third kappa shape index (κ3) is 49.6. The minimum absolute atomic E-state index is 0.827. The van der Waals surface area contributed by atoms with Gasteiger partial charge in [0.2, 0.25) is 0 Å². The largest absolute Gasteiger partial charge is 0.352 e. The summed E-state index contributed by atoms with van der Waals surface area (Å²) < 4.78 is 0. The van der Waals surface area contributed by atoms with Crippen LogP contribution in [0, 0.1) is 0 Å². The first-order chi connectivity index (χ1) is 4.65. The smallest absolute Gasteiger partial charge is 0.309 e. The van der Waals surface area contributed by atoms with Crippen molar-refractivity contribution >= 4 is 17.6 Å². The topological polar surface area (TPSA) is 69.1 Å². The Labute approximate surface area is 66.7 Å². The second kappa shape index (κ2) is 11.4. The van der Waals surface area contributed by atoms with Crippen molar-refractivity contribution in [1.29, 1.82) is 0 Å². The van der Waals surface area contributed by atoms with Gasteiger partial charge in [-0.05, 0) is 6.42 Å². The fourth-order valence-corrected chi connectivity index (χ4v) is 0.533. The normalized spacial score (nSPS) is 7.80. The maximum absolute atomic E-state index is 9.00. The molecule has 0 fully saturated rings. The molecule has 4 N–H and O–H groups in total. The van der Waals surface area contributed by atoms with E-state index in [-0.39, 0.29) is 0 Å². The maximum atomic E-state index is 9.00. The van der Waals surface area contributed by atoms with Crippen LogP contribution in [0.5, 0.6) is 0 Å². The molecule has 0 unspecified atom stereocenters. The highest BCUT2D eigenvalue weighted by Crippen LogP contribution is 1.93. The lowest BCUT2D eigenvalue weighted by Gasteiger charge is -1.84. The van der Waals surface area contributed by atoms with Crippen LogP contribution in [0.1, 0.15) is 26.2 Å². The van der Waals surface area contributed by atoms with E-state index in [1.165, 1.54) is 19.3 Å². The molecule has 0 radical (unpaired) electrons. The zero-order valence-electron chi connectivity index (χ0n) is 6.27. The summed E-state index contributed by atoms with van der Waals surface area (Å²) in [4.78, 5) is 9.00. The van der Waals surface area contributed by atoms with E-state index < -0.39 is 6.03 Å². The molecule has 0 atom stereocenters. The van der Waals surface area contributed by atoms with Gasteiger partial charge in [-0.15, -0.1) is 11.6 Å². The molecule has 0 heterocycles. The highest BCUT2D eigenvalue weighted by Gasteiger charge is 1.76. The van der Waals surface area contributed by atoms with Crippen LogP contribution in [-0.2, 0) is 0 Å². The minimum atomic E-state index is -0.833. The second-order valence-corrected chi connectivity index (χ2v) is 2.18. The van der Waals surface area contributed by atoms with Gasteiger partial charge in [0, 0.05) is 5.88 Å². The fourth-order valence-electron chi connectivity index (χ4n) is 0.344. The Bertz CT molecular complexity index is 70.1. The number of nitrogens with two attached hydrogens (primary N) is 2. The number of rotatable bonds is 3. The van der Waals surface area contributed by atoms with E-state index in [4.69, 9.17) is 16.4 Å². The molecule has 0 spiro atoms. The van der Waals surface area contributed by atoms with Gasteiger partial charge in [-0.25, -0.2) is 4.79 Å². The molecule has 0 aromatic carbocycles. The zero-order chi connectivity index (χ0) is 8.41. The number of hydrogen-bond acceptors (Lipinski definition) is 1. The number of carbonyl (C=O) groups is 1. The Morgan fingerprint density at radius 3 is 1.90 bits per heavy atom. The molecule has 0 aliphatic carbocycles. The molecule has 2 amide bonds. The second-order valence-electron chi connectivity index (χ2n) is 1.80. The average molecular weight is 167 g/mol. The lowest BCUT2D eigenvalue weighted by Crippen LogP contribution is -2.18. The summed E-state index contributed by atoms with van der Waals surface area (Å²) in [6, 6.07) is -0.833. The lowest BCUT2D eigenvalue weighted by molar-refractivity contribution is 0.256. The summed E-state index contributed by atoms with van der Waals surface area (Å²) in [6.07, 6.45) is 3.73. The predicted molar refractivity (Wildman–Crippen MR) is 44.0 cm³/mol. The van der Waals surface area contributed by atoms with Crippen molar-refractivity contribution in [2.75, 3.05) is 5.88 Å². The summed E-state index contributed by atoms with van der Waals surface area (Å²) in [6.45, 7) is 2.17. The van der Waals surface area contributed by atoms with Crippen LogP contribution in [0.15, 0.2) is 0 Å². The summed E-state index contributed by atoms with van der Waals surface area (Å²) in [5.74, 6) is 0.827. The van der Waals surface area contributed by atoms with Gasteiger partial charge in [-0.3, -0.25) is 0 Å². The number of primary amides is 2. The van der Waals surface area contributed by atoms with Gasteiger partial charge in [0.25, 0.3) is 0 Å². The van der Waals surface area contributed by atoms with E-state index >= 15 is 0 Å². The van der Waals surface area contributed by atoms with Crippen molar-refractivity contribution in [3.63, 3.8) is 0 Å². The first-order valence-electron chi connectivity index (χ1n) is 3.26. The minimum Gasteiger partial charge on any atom is -0.352 e. The third-order valence-corrected chi connectivity index (χ3v) is 1.00. The molecule has 0 aliphatic heterocycles. The molecule has 10 heavy (non-hydrogen) atoms. The predicted octanol–water partition coefficient (Wildman–Crippen LogP) is 1.44. The van der Waals surface area contributed by atoms with Crippen LogP contribution in [0.4, 0.5) is 4.79 Å². The molecular weight excluding hydrogens is 152 g/mol. The van der Waals surface area contributed by atoms with Gasteiger partial charge in [-0.1, -0.05) is 19.8 Å². The van der Waals surface area contributed by atoms with Crippen LogP contribution in [0.2, 0.25) is 0 Å². The number of carbonyl (C=O) groups excluding carboxylic acids is 1. The van der Waals surface area contributed by atoms with Crippen molar-refractivity contribution in [2.24, 2.45) is 11.5 Å². The van der Waals surface area contributed by atoms with E-state index in [0.29, 0.717) is 0 Å². The van der Waals surface area contributed by atoms with E-state index in [2.05, 4.69) is 18.4 Å². The van der Waals surface area contributed by atoms with E-state index in [9.17, 15) is 0 Å². The number of urea groups is 1. The van der Waals surface area contributed by atoms with Gasteiger partial charge in [0.05, 0.1) is 0 Å². The first kappa shape index (κ1) is 12.3. The molecule has 0 aromatic heterocycles. The highest BCUT2D eigenvalue weighted by atomic mass is 35.5. The zero-order valence-corrected chi connectivity index (χ0v) is 7.03. The SMILES string of the molecule is CCCCCCl.NC(N)=O. The molecule has 0 aliphatic rings.